The molecule has 4 nitrogen and oxygen atoms in total. The fourth-order valence-corrected chi connectivity index (χ4v) is 1.66. The number of carbonyl (C=O) groups is 2. The van der Waals surface area contributed by atoms with E-state index < -0.39 is 0 Å². The number of carbonyl (C=O) groups excluding carboxylic acids is 2. The summed E-state index contributed by atoms with van der Waals surface area (Å²) in [4.78, 5) is 23.1. The summed E-state index contributed by atoms with van der Waals surface area (Å²) in [5.41, 5.74) is 1.51. The maximum Gasteiger partial charge on any atom is 0.296 e. The highest BCUT2D eigenvalue weighted by atomic mass is 16.2. The SMILES string of the molecule is CC#CC(=O)NCc1cccc(C(=O)NC2CC2)c1. The molecular formula is C15H16N2O2. The van der Waals surface area contributed by atoms with Gasteiger partial charge in [0.15, 0.2) is 0 Å². The Morgan fingerprint density at radius 1 is 1.37 bits per heavy atom. The van der Waals surface area contributed by atoms with Gasteiger partial charge in [-0.2, -0.15) is 0 Å². The normalized spacial score (nSPS) is 13.1. The minimum atomic E-state index is -0.310. The lowest BCUT2D eigenvalue weighted by Gasteiger charge is -2.06. The van der Waals surface area contributed by atoms with Crippen molar-refractivity contribution in [2.24, 2.45) is 0 Å². The second-order valence-electron chi connectivity index (χ2n) is 4.51. The van der Waals surface area contributed by atoms with Crippen LogP contribution >= 0.6 is 0 Å². The molecule has 0 unspecified atom stereocenters. The average Bonchev–Trinajstić information content (AvgIpc) is 3.21. The Balaban J connectivity index is 1.95. The molecule has 1 aromatic carbocycles. The largest absolute Gasteiger partial charge is 0.349 e. The molecule has 1 fully saturated rings. The quantitative estimate of drug-likeness (QED) is 0.796. The minimum absolute atomic E-state index is 0.0518. The zero-order chi connectivity index (χ0) is 13.7. The topological polar surface area (TPSA) is 58.2 Å². The minimum Gasteiger partial charge on any atom is -0.349 e. The molecule has 2 N–H and O–H groups in total. The number of hydrogen-bond donors (Lipinski definition) is 2. The number of nitrogens with one attached hydrogen (secondary N) is 2. The highest BCUT2D eigenvalue weighted by molar-refractivity contribution is 5.95. The fourth-order valence-electron chi connectivity index (χ4n) is 1.66. The van der Waals surface area contributed by atoms with Crippen LogP contribution in [0.1, 0.15) is 35.7 Å². The standard InChI is InChI=1S/C15H16N2O2/c1-2-4-14(18)16-10-11-5-3-6-12(9-11)15(19)17-13-7-8-13/h3,5-6,9,13H,7-8,10H2,1H3,(H,16,18)(H,17,19). The van der Waals surface area contributed by atoms with Crippen molar-refractivity contribution >= 4 is 11.8 Å². The first-order valence-electron chi connectivity index (χ1n) is 6.29. The summed E-state index contributed by atoms with van der Waals surface area (Å²) in [5.74, 6) is 4.58. The predicted molar refractivity (Wildman–Crippen MR) is 72.2 cm³/mol. The molecular weight excluding hydrogens is 240 g/mol. The van der Waals surface area contributed by atoms with Crippen LogP contribution in [0, 0.1) is 11.8 Å². The van der Waals surface area contributed by atoms with E-state index in [0.717, 1.165) is 18.4 Å². The van der Waals surface area contributed by atoms with Crippen molar-refractivity contribution in [3.05, 3.63) is 35.4 Å². The first-order chi connectivity index (χ1) is 9.19. The second-order valence-corrected chi connectivity index (χ2v) is 4.51. The van der Waals surface area contributed by atoms with Gasteiger partial charge in [-0.05, 0) is 43.4 Å². The summed E-state index contributed by atoms with van der Waals surface area (Å²) < 4.78 is 0. The smallest absolute Gasteiger partial charge is 0.296 e. The van der Waals surface area contributed by atoms with E-state index in [1.54, 1.807) is 19.1 Å². The van der Waals surface area contributed by atoms with Gasteiger partial charge < -0.3 is 10.6 Å². The van der Waals surface area contributed by atoms with Gasteiger partial charge in [0, 0.05) is 18.2 Å². The molecule has 0 aliphatic heterocycles. The van der Waals surface area contributed by atoms with Crippen molar-refractivity contribution in [3.8, 4) is 11.8 Å². The summed E-state index contributed by atoms with van der Waals surface area (Å²) in [7, 11) is 0. The van der Waals surface area contributed by atoms with Gasteiger partial charge in [-0.15, -0.1) is 0 Å². The van der Waals surface area contributed by atoms with E-state index in [1.807, 2.05) is 12.1 Å². The van der Waals surface area contributed by atoms with Crippen molar-refractivity contribution in [3.63, 3.8) is 0 Å². The van der Waals surface area contributed by atoms with Gasteiger partial charge in [-0.25, -0.2) is 0 Å². The van der Waals surface area contributed by atoms with Gasteiger partial charge in [0.2, 0.25) is 0 Å². The molecule has 2 amide bonds. The summed E-state index contributed by atoms with van der Waals surface area (Å²) in [6, 6.07) is 7.59. The van der Waals surface area contributed by atoms with Crippen LogP contribution in [0.3, 0.4) is 0 Å². The van der Waals surface area contributed by atoms with Crippen LogP contribution in [0.5, 0.6) is 0 Å². The van der Waals surface area contributed by atoms with Gasteiger partial charge in [0.1, 0.15) is 0 Å². The summed E-state index contributed by atoms with van der Waals surface area (Å²) in [6.45, 7) is 1.99. The van der Waals surface area contributed by atoms with Crippen LogP contribution in [0.15, 0.2) is 24.3 Å². The number of benzene rings is 1. The number of hydrogen-bond acceptors (Lipinski definition) is 2. The molecule has 0 spiro atoms. The Labute approximate surface area is 112 Å². The van der Waals surface area contributed by atoms with Crippen molar-refractivity contribution in [2.75, 3.05) is 0 Å². The van der Waals surface area contributed by atoms with Crippen LogP contribution in [-0.2, 0) is 11.3 Å². The van der Waals surface area contributed by atoms with Gasteiger partial charge in [-0.1, -0.05) is 18.1 Å². The van der Waals surface area contributed by atoms with E-state index in [1.165, 1.54) is 0 Å². The van der Waals surface area contributed by atoms with Crippen molar-refractivity contribution in [1.29, 1.82) is 0 Å². The van der Waals surface area contributed by atoms with Crippen molar-refractivity contribution in [1.82, 2.24) is 10.6 Å². The molecule has 1 saturated carbocycles. The lowest BCUT2D eigenvalue weighted by molar-refractivity contribution is -0.115. The molecule has 1 aliphatic rings. The third-order valence-electron chi connectivity index (χ3n) is 2.79. The highest BCUT2D eigenvalue weighted by Crippen LogP contribution is 2.19. The van der Waals surface area contributed by atoms with E-state index in [2.05, 4.69) is 22.5 Å². The Kier molecular flexibility index (Phi) is 4.19. The van der Waals surface area contributed by atoms with E-state index in [-0.39, 0.29) is 11.8 Å². The summed E-state index contributed by atoms with van der Waals surface area (Å²) in [5, 5.41) is 5.61. The zero-order valence-electron chi connectivity index (χ0n) is 10.8. The van der Waals surface area contributed by atoms with Crippen LogP contribution in [0.2, 0.25) is 0 Å². The summed E-state index contributed by atoms with van der Waals surface area (Å²) in [6.07, 6.45) is 2.13. The third-order valence-corrected chi connectivity index (χ3v) is 2.79. The molecule has 98 valence electrons. The lowest BCUT2D eigenvalue weighted by atomic mass is 10.1. The molecule has 2 rings (SSSR count). The van der Waals surface area contributed by atoms with Gasteiger partial charge in [0.05, 0.1) is 0 Å². The van der Waals surface area contributed by atoms with E-state index >= 15 is 0 Å². The first-order valence-corrected chi connectivity index (χ1v) is 6.29. The second kappa shape index (κ2) is 6.05. The molecule has 0 aromatic heterocycles. The first kappa shape index (κ1) is 13.2. The van der Waals surface area contributed by atoms with Crippen LogP contribution in [-0.4, -0.2) is 17.9 Å². The van der Waals surface area contributed by atoms with Crippen molar-refractivity contribution in [2.45, 2.75) is 32.4 Å². The number of rotatable bonds is 4. The van der Waals surface area contributed by atoms with Gasteiger partial charge >= 0.3 is 0 Å². The zero-order valence-corrected chi connectivity index (χ0v) is 10.8. The Bertz CT molecular complexity index is 551. The molecule has 19 heavy (non-hydrogen) atoms. The third kappa shape index (κ3) is 4.14. The Hall–Kier alpha value is -2.28. The molecule has 1 aliphatic carbocycles. The Morgan fingerprint density at radius 2 is 2.16 bits per heavy atom. The van der Waals surface area contributed by atoms with Crippen LogP contribution < -0.4 is 10.6 Å². The van der Waals surface area contributed by atoms with E-state index in [0.29, 0.717) is 18.2 Å². The molecule has 4 heteroatoms. The fraction of sp³-hybridized carbons (Fsp3) is 0.333. The highest BCUT2D eigenvalue weighted by Gasteiger charge is 2.23. The van der Waals surface area contributed by atoms with E-state index in [9.17, 15) is 9.59 Å². The molecule has 0 heterocycles. The number of amides is 2. The van der Waals surface area contributed by atoms with Crippen LogP contribution in [0.4, 0.5) is 0 Å². The predicted octanol–water partition coefficient (Wildman–Crippen LogP) is 1.22. The van der Waals surface area contributed by atoms with E-state index in [4.69, 9.17) is 0 Å². The average molecular weight is 256 g/mol. The molecule has 0 bridgehead atoms. The van der Waals surface area contributed by atoms with Crippen LogP contribution in [0.25, 0.3) is 0 Å². The molecule has 1 aromatic rings. The molecule has 0 saturated heterocycles. The summed E-state index contributed by atoms with van der Waals surface area (Å²) >= 11 is 0. The van der Waals surface area contributed by atoms with Crippen molar-refractivity contribution < 1.29 is 9.59 Å². The van der Waals surface area contributed by atoms with Gasteiger partial charge in [0.25, 0.3) is 11.8 Å². The maximum absolute atomic E-state index is 11.9. The monoisotopic (exact) mass is 256 g/mol. The molecule has 0 atom stereocenters. The Morgan fingerprint density at radius 3 is 2.84 bits per heavy atom. The maximum atomic E-state index is 11.9. The lowest BCUT2D eigenvalue weighted by Crippen LogP contribution is -2.26. The van der Waals surface area contributed by atoms with Gasteiger partial charge in [-0.3, -0.25) is 9.59 Å². The molecule has 0 radical (unpaired) electrons.